The minimum absolute atomic E-state index is 0.160. The molecule has 1 saturated heterocycles. The Balaban J connectivity index is 1.97. The molecule has 1 heterocycles. The quantitative estimate of drug-likeness (QED) is 0.850. The highest BCUT2D eigenvalue weighted by Crippen LogP contribution is 2.25. The predicted molar refractivity (Wildman–Crippen MR) is 72.1 cm³/mol. The van der Waals surface area contributed by atoms with Crippen LogP contribution in [0.2, 0.25) is 0 Å². The lowest BCUT2D eigenvalue weighted by atomic mass is 9.85. The number of likely N-dealkylation sites (tertiary alicyclic amines) is 1. The predicted octanol–water partition coefficient (Wildman–Crippen LogP) is 1.50. The van der Waals surface area contributed by atoms with Crippen LogP contribution in [0.15, 0.2) is 30.3 Å². The Bertz CT molecular complexity index is 355. The van der Waals surface area contributed by atoms with Crippen molar-refractivity contribution in [3.8, 4) is 0 Å². The van der Waals surface area contributed by atoms with Crippen molar-refractivity contribution < 1.29 is 10.2 Å². The van der Waals surface area contributed by atoms with Gasteiger partial charge in [-0.15, -0.1) is 0 Å². The first-order valence-corrected chi connectivity index (χ1v) is 6.76. The molecule has 0 spiro atoms. The number of nitrogens with zero attached hydrogens (tertiary/aromatic N) is 1. The molecule has 1 aromatic rings. The third kappa shape index (κ3) is 3.31. The highest BCUT2D eigenvalue weighted by atomic mass is 16.3. The molecule has 3 unspecified atom stereocenters. The smallest absolute Gasteiger partial charge is 0.0619 e. The number of hydrogen-bond donors (Lipinski definition) is 2. The van der Waals surface area contributed by atoms with Gasteiger partial charge in [-0.3, -0.25) is 4.90 Å². The van der Waals surface area contributed by atoms with Crippen LogP contribution in [-0.4, -0.2) is 40.9 Å². The van der Waals surface area contributed by atoms with Crippen LogP contribution in [0.3, 0.4) is 0 Å². The second kappa shape index (κ2) is 6.32. The van der Waals surface area contributed by atoms with Gasteiger partial charge in [-0.05, 0) is 17.9 Å². The normalized spacial score (nSPS) is 29.4. The Morgan fingerprint density at radius 2 is 1.94 bits per heavy atom. The fourth-order valence-corrected chi connectivity index (χ4v) is 2.89. The Hall–Kier alpha value is -0.900. The van der Waals surface area contributed by atoms with E-state index in [9.17, 15) is 5.11 Å². The molecule has 2 rings (SSSR count). The molecule has 18 heavy (non-hydrogen) atoms. The Labute approximate surface area is 109 Å². The summed E-state index contributed by atoms with van der Waals surface area (Å²) in [4.78, 5) is 2.38. The van der Waals surface area contributed by atoms with Crippen LogP contribution in [0.4, 0.5) is 0 Å². The summed E-state index contributed by atoms with van der Waals surface area (Å²) >= 11 is 0. The molecule has 1 aliphatic heterocycles. The maximum absolute atomic E-state index is 10.1. The molecule has 0 saturated carbocycles. The second-order valence-corrected chi connectivity index (χ2v) is 5.42. The van der Waals surface area contributed by atoms with Crippen molar-refractivity contribution in [1.82, 2.24) is 4.90 Å². The topological polar surface area (TPSA) is 43.7 Å². The maximum atomic E-state index is 10.1. The van der Waals surface area contributed by atoms with Gasteiger partial charge < -0.3 is 10.2 Å². The fraction of sp³-hybridized carbons (Fsp3) is 0.600. The lowest BCUT2D eigenvalue weighted by molar-refractivity contribution is -0.0260. The van der Waals surface area contributed by atoms with E-state index in [-0.39, 0.29) is 24.5 Å². The number of aliphatic hydroxyl groups excluding tert-OH is 2. The molecule has 0 bridgehead atoms. The van der Waals surface area contributed by atoms with Crippen molar-refractivity contribution in [1.29, 1.82) is 0 Å². The molecular formula is C15H23NO2. The van der Waals surface area contributed by atoms with Crippen molar-refractivity contribution in [2.24, 2.45) is 11.8 Å². The average molecular weight is 249 g/mol. The SMILES string of the molecule is CC1CN(Cc2ccccc2)CC(CCO)C1O. The van der Waals surface area contributed by atoms with Gasteiger partial charge in [0.05, 0.1) is 6.10 Å². The summed E-state index contributed by atoms with van der Waals surface area (Å²) in [5.41, 5.74) is 1.31. The van der Waals surface area contributed by atoms with Crippen LogP contribution in [0.5, 0.6) is 0 Å². The zero-order chi connectivity index (χ0) is 13.0. The van der Waals surface area contributed by atoms with Crippen LogP contribution < -0.4 is 0 Å². The minimum atomic E-state index is -0.274. The number of rotatable bonds is 4. The molecule has 1 aliphatic rings. The summed E-state index contributed by atoms with van der Waals surface area (Å²) in [5, 5.41) is 19.2. The largest absolute Gasteiger partial charge is 0.396 e. The first kappa shape index (κ1) is 13.5. The van der Waals surface area contributed by atoms with Crippen molar-refractivity contribution in [3.05, 3.63) is 35.9 Å². The first-order valence-electron chi connectivity index (χ1n) is 6.76. The Kier molecular flexibility index (Phi) is 4.75. The van der Waals surface area contributed by atoms with Gasteiger partial charge in [0.2, 0.25) is 0 Å². The number of hydrogen-bond acceptors (Lipinski definition) is 3. The third-order valence-electron chi connectivity index (χ3n) is 3.85. The van der Waals surface area contributed by atoms with E-state index >= 15 is 0 Å². The molecule has 0 amide bonds. The molecule has 0 aliphatic carbocycles. The average Bonchev–Trinajstić information content (AvgIpc) is 2.37. The van der Waals surface area contributed by atoms with Gasteiger partial charge in [-0.25, -0.2) is 0 Å². The van der Waals surface area contributed by atoms with E-state index in [1.54, 1.807) is 0 Å². The van der Waals surface area contributed by atoms with E-state index in [0.717, 1.165) is 19.6 Å². The minimum Gasteiger partial charge on any atom is -0.396 e. The van der Waals surface area contributed by atoms with Crippen LogP contribution in [0.25, 0.3) is 0 Å². The van der Waals surface area contributed by atoms with Gasteiger partial charge in [0.15, 0.2) is 0 Å². The van der Waals surface area contributed by atoms with Gasteiger partial charge in [0.25, 0.3) is 0 Å². The lowest BCUT2D eigenvalue weighted by Gasteiger charge is -2.40. The molecule has 1 aromatic carbocycles. The van der Waals surface area contributed by atoms with Crippen LogP contribution in [0, 0.1) is 11.8 Å². The van der Waals surface area contributed by atoms with Crippen LogP contribution in [0.1, 0.15) is 18.9 Å². The van der Waals surface area contributed by atoms with Crippen molar-refractivity contribution in [2.45, 2.75) is 26.0 Å². The first-order chi connectivity index (χ1) is 8.70. The van der Waals surface area contributed by atoms with E-state index < -0.39 is 0 Å². The maximum Gasteiger partial charge on any atom is 0.0619 e. The highest BCUT2D eigenvalue weighted by Gasteiger charge is 2.32. The molecule has 0 radical (unpaired) electrons. The van der Waals surface area contributed by atoms with E-state index in [1.807, 2.05) is 6.07 Å². The summed E-state index contributed by atoms with van der Waals surface area (Å²) in [6, 6.07) is 10.4. The molecule has 1 fully saturated rings. The van der Waals surface area contributed by atoms with Crippen molar-refractivity contribution >= 4 is 0 Å². The third-order valence-corrected chi connectivity index (χ3v) is 3.85. The summed E-state index contributed by atoms with van der Waals surface area (Å²) < 4.78 is 0. The van der Waals surface area contributed by atoms with Gasteiger partial charge in [-0.2, -0.15) is 0 Å². The zero-order valence-corrected chi connectivity index (χ0v) is 11.0. The Morgan fingerprint density at radius 3 is 2.61 bits per heavy atom. The van der Waals surface area contributed by atoms with Gasteiger partial charge in [0, 0.05) is 32.2 Å². The summed E-state index contributed by atoms with van der Waals surface area (Å²) in [7, 11) is 0. The Morgan fingerprint density at radius 1 is 1.22 bits per heavy atom. The molecule has 3 nitrogen and oxygen atoms in total. The molecule has 2 N–H and O–H groups in total. The van der Waals surface area contributed by atoms with E-state index in [1.165, 1.54) is 5.56 Å². The summed E-state index contributed by atoms with van der Waals surface area (Å²) in [6.07, 6.45) is 0.417. The lowest BCUT2D eigenvalue weighted by Crippen LogP contribution is -2.48. The molecule has 100 valence electrons. The molecular weight excluding hydrogens is 226 g/mol. The van der Waals surface area contributed by atoms with E-state index in [2.05, 4.69) is 36.1 Å². The van der Waals surface area contributed by atoms with Crippen LogP contribution in [-0.2, 0) is 6.54 Å². The zero-order valence-electron chi connectivity index (χ0n) is 11.0. The van der Waals surface area contributed by atoms with Gasteiger partial charge >= 0.3 is 0 Å². The summed E-state index contributed by atoms with van der Waals surface area (Å²) in [6.45, 7) is 4.98. The van der Waals surface area contributed by atoms with E-state index in [0.29, 0.717) is 6.42 Å². The molecule has 3 heteroatoms. The van der Waals surface area contributed by atoms with Crippen molar-refractivity contribution in [3.63, 3.8) is 0 Å². The van der Waals surface area contributed by atoms with E-state index in [4.69, 9.17) is 5.11 Å². The van der Waals surface area contributed by atoms with Gasteiger partial charge in [0.1, 0.15) is 0 Å². The second-order valence-electron chi connectivity index (χ2n) is 5.42. The van der Waals surface area contributed by atoms with Crippen molar-refractivity contribution in [2.75, 3.05) is 19.7 Å². The molecule has 0 aromatic heterocycles. The number of aliphatic hydroxyl groups is 2. The standard InChI is InChI=1S/C15H23NO2/c1-12-9-16(10-13-5-3-2-4-6-13)11-14(7-8-17)15(12)18/h2-6,12,14-15,17-18H,7-11H2,1H3. The highest BCUT2D eigenvalue weighted by molar-refractivity contribution is 5.14. The number of benzene rings is 1. The fourth-order valence-electron chi connectivity index (χ4n) is 2.89. The molecule has 3 atom stereocenters. The van der Waals surface area contributed by atoms with Gasteiger partial charge in [-0.1, -0.05) is 37.3 Å². The number of piperidine rings is 1. The monoisotopic (exact) mass is 249 g/mol. The van der Waals surface area contributed by atoms with Crippen LogP contribution >= 0.6 is 0 Å². The summed E-state index contributed by atoms with van der Waals surface area (Å²) in [5.74, 6) is 0.474.